The number of phenols is 1. The van der Waals surface area contributed by atoms with Crippen LogP contribution in [-0.4, -0.2) is 22.9 Å². The molecule has 0 aliphatic carbocycles. The summed E-state index contributed by atoms with van der Waals surface area (Å²) in [6.45, 7) is 0.464. The Morgan fingerprint density at radius 3 is 2.57 bits per heavy atom. The molecular formula is C22H16BrN3O2. The summed E-state index contributed by atoms with van der Waals surface area (Å²) in [6, 6.07) is 22.4. The second-order valence-corrected chi connectivity index (χ2v) is 7.21. The number of anilines is 1. The van der Waals surface area contributed by atoms with Crippen molar-refractivity contribution in [2.75, 3.05) is 4.90 Å². The van der Waals surface area contributed by atoms with Crippen LogP contribution >= 0.6 is 15.9 Å². The monoisotopic (exact) mass is 433 g/mol. The van der Waals surface area contributed by atoms with Crippen LogP contribution in [-0.2, 0) is 11.3 Å². The molecule has 1 aliphatic heterocycles. The molecule has 138 valence electrons. The van der Waals surface area contributed by atoms with E-state index in [1.54, 1.807) is 23.1 Å². The normalized spacial score (nSPS) is 14.8. The minimum Gasteiger partial charge on any atom is -0.507 e. The predicted molar refractivity (Wildman–Crippen MR) is 114 cm³/mol. The average Bonchev–Trinajstić information content (AvgIpc) is 2.97. The van der Waals surface area contributed by atoms with Crippen molar-refractivity contribution in [1.29, 1.82) is 0 Å². The number of hydrogen-bond donors (Lipinski definition) is 1. The first-order valence-corrected chi connectivity index (χ1v) is 9.47. The maximum atomic E-state index is 13.0. The molecule has 0 saturated carbocycles. The van der Waals surface area contributed by atoms with Gasteiger partial charge in [0.05, 0.1) is 18.4 Å². The molecule has 0 unspecified atom stereocenters. The number of amides is 1. The fourth-order valence-electron chi connectivity index (χ4n) is 3.06. The van der Waals surface area contributed by atoms with Crippen LogP contribution in [0.3, 0.4) is 0 Å². The summed E-state index contributed by atoms with van der Waals surface area (Å²) in [5, 5.41) is 18.1. The largest absolute Gasteiger partial charge is 0.507 e. The van der Waals surface area contributed by atoms with Crippen molar-refractivity contribution in [2.45, 2.75) is 6.54 Å². The van der Waals surface area contributed by atoms with Gasteiger partial charge in [-0.3, -0.25) is 4.79 Å². The van der Waals surface area contributed by atoms with Crippen LogP contribution in [0.4, 0.5) is 5.69 Å². The predicted octanol–water partition coefficient (Wildman–Crippen LogP) is 4.52. The number of rotatable bonds is 4. The second-order valence-electron chi connectivity index (χ2n) is 6.29. The summed E-state index contributed by atoms with van der Waals surface area (Å²) in [6.07, 6.45) is 1.43. The van der Waals surface area contributed by atoms with E-state index in [0.29, 0.717) is 12.1 Å². The summed E-state index contributed by atoms with van der Waals surface area (Å²) >= 11 is 3.36. The number of fused-ring (bicyclic) bond motifs is 1. The van der Waals surface area contributed by atoms with Gasteiger partial charge >= 0.3 is 0 Å². The van der Waals surface area contributed by atoms with Crippen molar-refractivity contribution in [3.63, 3.8) is 0 Å². The maximum absolute atomic E-state index is 13.0. The van der Waals surface area contributed by atoms with Gasteiger partial charge in [-0.1, -0.05) is 64.5 Å². The zero-order valence-electron chi connectivity index (χ0n) is 14.8. The number of para-hydroxylation sites is 1. The second kappa shape index (κ2) is 7.78. The number of carbonyl (C=O) groups excluding carboxylic acids is 1. The first kappa shape index (κ1) is 18.1. The van der Waals surface area contributed by atoms with Crippen LogP contribution in [0.15, 0.2) is 87.5 Å². The summed E-state index contributed by atoms with van der Waals surface area (Å²) in [4.78, 5) is 14.7. The number of benzene rings is 3. The Hall–Kier alpha value is -3.25. The molecule has 28 heavy (non-hydrogen) atoms. The number of nitrogens with zero attached hydrogens (tertiary/aromatic N) is 3. The van der Waals surface area contributed by atoms with E-state index in [0.717, 1.165) is 21.3 Å². The van der Waals surface area contributed by atoms with Crippen molar-refractivity contribution in [3.05, 3.63) is 94.0 Å². The molecule has 0 saturated heterocycles. The van der Waals surface area contributed by atoms with Crippen molar-refractivity contribution in [3.8, 4) is 5.75 Å². The van der Waals surface area contributed by atoms with Crippen LogP contribution in [0.1, 0.15) is 16.7 Å². The fraction of sp³-hybridized carbons (Fsp3) is 0.0455. The molecule has 1 heterocycles. The minimum atomic E-state index is -0.194. The van der Waals surface area contributed by atoms with Gasteiger partial charge in [0.2, 0.25) is 0 Å². The van der Waals surface area contributed by atoms with Gasteiger partial charge < -0.3 is 10.0 Å². The number of halogens is 1. The van der Waals surface area contributed by atoms with Crippen LogP contribution in [0, 0.1) is 0 Å². The molecule has 0 radical (unpaired) electrons. The van der Waals surface area contributed by atoms with E-state index < -0.39 is 0 Å². The molecule has 6 heteroatoms. The van der Waals surface area contributed by atoms with E-state index in [1.165, 1.54) is 6.21 Å². The number of hydrogen-bond acceptors (Lipinski definition) is 4. The third-order valence-electron chi connectivity index (χ3n) is 4.43. The van der Waals surface area contributed by atoms with Crippen LogP contribution in [0.5, 0.6) is 5.75 Å². The fourth-order valence-corrected chi connectivity index (χ4v) is 3.44. The lowest BCUT2D eigenvalue weighted by atomic mass is 10.1. The lowest BCUT2D eigenvalue weighted by molar-refractivity contribution is -0.112. The van der Waals surface area contributed by atoms with E-state index in [1.807, 2.05) is 54.6 Å². The molecule has 0 aromatic heterocycles. The van der Waals surface area contributed by atoms with Crippen molar-refractivity contribution in [1.82, 2.24) is 0 Å². The molecule has 0 atom stereocenters. The highest BCUT2D eigenvalue weighted by molar-refractivity contribution is 9.10. The topological polar surface area (TPSA) is 65.3 Å². The molecule has 4 rings (SSSR count). The van der Waals surface area contributed by atoms with Crippen molar-refractivity contribution in [2.24, 2.45) is 10.2 Å². The van der Waals surface area contributed by atoms with Gasteiger partial charge in [0, 0.05) is 15.6 Å². The SMILES string of the molecule is O=C1C(=NN=Cc2cc(Br)ccc2O)c2ccccc2N1Cc1ccccc1. The Kier molecular flexibility index (Phi) is 5.04. The zero-order chi connectivity index (χ0) is 19.5. The Morgan fingerprint density at radius 2 is 1.75 bits per heavy atom. The average molecular weight is 434 g/mol. The highest BCUT2D eigenvalue weighted by Gasteiger charge is 2.33. The lowest BCUT2D eigenvalue weighted by Gasteiger charge is -2.16. The first-order chi connectivity index (χ1) is 13.6. The number of aromatic hydroxyl groups is 1. The molecule has 0 spiro atoms. The van der Waals surface area contributed by atoms with E-state index >= 15 is 0 Å². The Balaban J connectivity index is 1.66. The quantitative estimate of drug-likeness (QED) is 0.485. The van der Waals surface area contributed by atoms with E-state index in [2.05, 4.69) is 26.1 Å². The molecule has 1 amide bonds. The van der Waals surface area contributed by atoms with Crippen LogP contribution < -0.4 is 4.90 Å². The summed E-state index contributed by atoms with van der Waals surface area (Å²) in [7, 11) is 0. The first-order valence-electron chi connectivity index (χ1n) is 8.68. The van der Waals surface area contributed by atoms with E-state index in [-0.39, 0.29) is 17.4 Å². The molecular weight excluding hydrogens is 418 g/mol. The number of phenolic OH excluding ortho intramolecular Hbond substituents is 1. The van der Waals surface area contributed by atoms with Gasteiger partial charge in [-0.25, -0.2) is 0 Å². The van der Waals surface area contributed by atoms with Gasteiger partial charge in [-0.05, 0) is 29.8 Å². The van der Waals surface area contributed by atoms with Crippen molar-refractivity contribution < 1.29 is 9.90 Å². The van der Waals surface area contributed by atoms with Crippen molar-refractivity contribution >= 4 is 39.5 Å². The number of carbonyl (C=O) groups is 1. The van der Waals surface area contributed by atoms with Gasteiger partial charge in [-0.2, -0.15) is 5.10 Å². The Morgan fingerprint density at radius 1 is 1.00 bits per heavy atom. The molecule has 0 fully saturated rings. The van der Waals surface area contributed by atoms with Crippen LogP contribution in [0.2, 0.25) is 0 Å². The Bertz CT molecular complexity index is 1090. The standard InChI is InChI=1S/C22H16BrN3O2/c23-17-10-11-20(27)16(12-17)13-24-25-21-18-8-4-5-9-19(18)26(22(21)28)14-15-6-2-1-3-7-15/h1-13,27H,14H2. The van der Waals surface area contributed by atoms with Gasteiger partial charge in [-0.15, -0.1) is 5.10 Å². The minimum absolute atomic E-state index is 0.0935. The molecule has 5 nitrogen and oxygen atoms in total. The molecule has 1 N–H and O–H groups in total. The summed E-state index contributed by atoms with van der Waals surface area (Å²) < 4.78 is 0.815. The Labute approximate surface area is 170 Å². The maximum Gasteiger partial charge on any atom is 0.279 e. The van der Waals surface area contributed by atoms with Crippen LogP contribution in [0.25, 0.3) is 0 Å². The zero-order valence-corrected chi connectivity index (χ0v) is 16.4. The summed E-state index contributed by atoms with van der Waals surface area (Å²) in [5.41, 5.74) is 3.40. The molecule has 3 aromatic rings. The third kappa shape index (κ3) is 3.59. The highest BCUT2D eigenvalue weighted by atomic mass is 79.9. The van der Waals surface area contributed by atoms with E-state index in [9.17, 15) is 9.90 Å². The van der Waals surface area contributed by atoms with E-state index in [4.69, 9.17) is 0 Å². The smallest absolute Gasteiger partial charge is 0.279 e. The van der Waals surface area contributed by atoms with Gasteiger partial charge in [0.25, 0.3) is 5.91 Å². The molecule has 1 aliphatic rings. The molecule has 3 aromatic carbocycles. The highest BCUT2D eigenvalue weighted by Crippen LogP contribution is 2.30. The van der Waals surface area contributed by atoms with Gasteiger partial charge in [0.1, 0.15) is 5.75 Å². The molecule has 0 bridgehead atoms. The third-order valence-corrected chi connectivity index (χ3v) is 4.92. The summed E-state index contributed by atoms with van der Waals surface area (Å²) in [5.74, 6) is -0.100. The lowest BCUT2D eigenvalue weighted by Crippen LogP contribution is -2.29. The van der Waals surface area contributed by atoms with Gasteiger partial charge in [0.15, 0.2) is 5.71 Å².